The Balaban J connectivity index is 2.75. The lowest BCUT2D eigenvalue weighted by Crippen LogP contribution is -2.16. The molecule has 11 heavy (non-hydrogen) atoms. The fourth-order valence-electron chi connectivity index (χ4n) is 0.972. The largest absolute Gasteiger partial charge is 0.449 e. The Morgan fingerprint density at radius 1 is 1.64 bits per heavy atom. The van der Waals surface area contributed by atoms with Gasteiger partial charge in [0.2, 0.25) is 0 Å². The molecule has 0 radical (unpaired) electrons. The van der Waals surface area contributed by atoms with E-state index in [1.807, 2.05) is 6.92 Å². The molecule has 0 aromatic carbocycles. The predicted molar refractivity (Wildman–Crippen MR) is 38.9 cm³/mol. The van der Waals surface area contributed by atoms with E-state index in [-0.39, 0.29) is 12.2 Å². The average Bonchev–Trinajstić information content (AvgIpc) is 2.28. The highest BCUT2D eigenvalue weighted by molar-refractivity contribution is 6.04. The van der Waals surface area contributed by atoms with E-state index in [9.17, 15) is 9.59 Å². The van der Waals surface area contributed by atoms with E-state index in [0.717, 1.165) is 5.57 Å². The fraction of sp³-hybridized carbons (Fsp3) is 0.500. The second-order valence-electron chi connectivity index (χ2n) is 2.55. The molecule has 1 rings (SSSR count). The maximum Gasteiger partial charge on any atom is 0.314 e. The fourth-order valence-corrected chi connectivity index (χ4v) is 0.972. The molecule has 1 aliphatic rings. The Morgan fingerprint density at radius 2 is 2.27 bits per heavy atom. The molecule has 1 aliphatic heterocycles. The first kappa shape index (κ1) is 7.98. The number of esters is 1. The molecule has 0 aromatic heterocycles. The third kappa shape index (κ3) is 1.48. The minimum absolute atomic E-state index is 0.0736. The summed E-state index contributed by atoms with van der Waals surface area (Å²) in [6.07, 6.45) is 1.10. The van der Waals surface area contributed by atoms with Crippen molar-refractivity contribution in [3.63, 3.8) is 0 Å². The standard InChI is InChI=1S/C8H10O3/c1-3-5(2)8-6(9)4-7(10)11-8/h3,8H,4H2,1-2H3/b5-3-. The number of ether oxygens (including phenoxy) is 1. The number of carbonyl (C=O) groups excluding carboxylic acids is 2. The Hall–Kier alpha value is -1.12. The lowest BCUT2D eigenvalue weighted by molar-refractivity contribution is -0.140. The van der Waals surface area contributed by atoms with Crippen LogP contribution in [0.2, 0.25) is 0 Å². The highest BCUT2D eigenvalue weighted by Crippen LogP contribution is 2.16. The van der Waals surface area contributed by atoms with Crippen LogP contribution >= 0.6 is 0 Å². The molecule has 0 N–H and O–H groups in total. The number of cyclic esters (lactones) is 1. The van der Waals surface area contributed by atoms with Crippen LogP contribution in [0.25, 0.3) is 0 Å². The molecule has 0 aliphatic carbocycles. The monoisotopic (exact) mass is 154 g/mol. The molecule has 3 heteroatoms. The van der Waals surface area contributed by atoms with Gasteiger partial charge in [0.15, 0.2) is 11.9 Å². The lowest BCUT2D eigenvalue weighted by atomic mass is 10.1. The van der Waals surface area contributed by atoms with E-state index in [1.54, 1.807) is 13.0 Å². The van der Waals surface area contributed by atoms with E-state index in [4.69, 9.17) is 4.74 Å². The van der Waals surface area contributed by atoms with Crippen molar-refractivity contribution < 1.29 is 14.3 Å². The first-order valence-corrected chi connectivity index (χ1v) is 3.50. The highest BCUT2D eigenvalue weighted by atomic mass is 16.6. The quantitative estimate of drug-likeness (QED) is 0.319. The van der Waals surface area contributed by atoms with Gasteiger partial charge in [0, 0.05) is 0 Å². The van der Waals surface area contributed by atoms with Crippen molar-refractivity contribution >= 4 is 11.8 Å². The van der Waals surface area contributed by atoms with Crippen LogP contribution in [0.1, 0.15) is 20.3 Å². The summed E-state index contributed by atoms with van der Waals surface area (Å²) in [6.45, 7) is 3.59. The lowest BCUT2D eigenvalue weighted by Gasteiger charge is -2.06. The maximum absolute atomic E-state index is 11.0. The van der Waals surface area contributed by atoms with Crippen molar-refractivity contribution in [3.8, 4) is 0 Å². The molecule has 0 saturated carbocycles. The Morgan fingerprint density at radius 3 is 2.64 bits per heavy atom. The third-order valence-electron chi connectivity index (χ3n) is 1.73. The van der Waals surface area contributed by atoms with Gasteiger partial charge in [0.1, 0.15) is 6.42 Å². The predicted octanol–water partition coefficient (Wildman–Crippen LogP) is 0.837. The first-order valence-electron chi connectivity index (χ1n) is 3.50. The molecule has 1 atom stereocenters. The molecular weight excluding hydrogens is 144 g/mol. The van der Waals surface area contributed by atoms with Gasteiger partial charge in [-0.3, -0.25) is 9.59 Å². The number of allylic oxidation sites excluding steroid dienone is 1. The number of ketones is 1. The molecule has 60 valence electrons. The smallest absolute Gasteiger partial charge is 0.314 e. The van der Waals surface area contributed by atoms with Crippen molar-refractivity contribution in [1.29, 1.82) is 0 Å². The van der Waals surface area contributed by atoms with Crippen LogP contribution in [-0.4, -0.2) is 17.9 Å². The Bertz CT molecular complexity index is 227. The Labute approximate surface area is 65.0 Å². The average molecular weight is 154 g/mol. The van der Waals surface area contributed by atoms with Crippen LogP contribution in [0.5, 0.6) is 0 Å². The van der Waals surface area contributed by atoms with Crippen molar-refractivity contribution in [2.24, 2.45) is 0 Å². The molecule has 1 unspecified atom stereocenters. The molecule has 0 spiro atoms. The van der Waals surface area contributed by atoms with E-state index in [2.05, 4.69) is 0 Å². The summed E-state index contributed by atoms with van der Waals surface area (Å²) in [5.74, 6) is -0.549. The Kier molecular flexibility index (Phi) is 2.08. The second-order valence-corrected chi connectivity index (χ2v) is 2.55. The molecule has 3 nitrogen and oxygen atoms in total. The summed E-state index contributed by atoms with van der Waals surface area (Å²) in [7, 11) is 0. The van der Waals surface area contributed by atoms with Gasteiger partial charge in [-0.05, 0) is 19.4 Å². The van der Waals surface area contributed by atoms with Gasteiger partial charge in [-0.25, -0.2) is 0 Å². The van der Waals surface area contributed by atoms with Gasteiger partial charge < -0.3 is 4.74 Å². The highest BCUT2D eigenvalue weighted by Gasteiger charge is 2.33. The normalized spacial score (nSPS) is 25.6. The second kappa shape index (κ2) is 2.86. The van der Waals surface area contributed by atoms with E-state index < -0.39 is 12.1 Å². The van der Waals surface area contributed by atoms with Crippen molar-refractivity contribution in [2.45, 2.75) is 26.4 Å². The molecule has 1 fully saturated rings. The number of Topliss-reactive ketones (excluding diaryl/α,β-unsaturated/α-hetero) is 1. The van der Waals surface area contributed by atoms with Crippen molar-refractivity contribution in [3.05, 3.63) is 11.6 Å². The number of carbonyl (C=O) groups is 2. The summed E-state index contributed by atoms with van der Waals surface area (Å²) < 4.78 is 4.77. The summed E-state index contributed by atoms with van der Waals surface area (Å²) >= 11 is 0. The number of hydrogen-bond donors (Lipinski definition) is 0. The maximum atomic E-state index is 11.0. The zero-order chi connectivity index (χ0) is 8.43. The van der Waals surface area contributed by atoms with Crippen LogP contribution in [0.15, 0.2) is 11.6 Å². The zero-order valence-corrected chi connectivity index (χ0v) is 6.59. The van der Waals surface area contributed by atoms with Crippen molar-refractivity contribution in [2.75, 3.05) is 0 Å². The zero-order valence-electron chi connectivity index (χ0n) is 6.59. The minimum atomic E-state index is -0.604. The molecule has 0 amide bonds. The summed E-state index contributed by atoms with van der Waals surface area (Å²) in [4.78, 5) is 21.6. The number of hydrogen-bond acceptors (Lipinski definition) is 3. The summed E-state index contributed by atoms with van der Waals surface area (Å²) in [6, 6.07) is 0. The topological polar surface area (TPSA) is 43.4 Å². The minimum Gasteiger partial charge on any atom is -0.449 e. The SMILES string of the molecule is C/C=C(/C)C1OC(=O)CC1=O. The van der Waals surface area contributed by atoms with Crippen LogP contribution in [0.4, 0.5) is 0 Å². The van der Waals surface area contributed by atoms with E-state index in [1.165, 1.54) is 0 Å². The van der Waals surface area contributed by atoms with Gasteiger partial charge in [0.05, 0.1) is 0 Å². The third-order valence-corrected chi connectivity index (χ3v) is 1.73. The van der Waals surface area contributed by atoms with Crippen LogP contribution in [-0.2, 0) is 14.3 Å². The van der Waals surface area contributed by atoms with Gasteiger partial charge in [-0.15, -0.1) is 0 Å². The molecule has 1 heterocycles. The van der Waals surface area contributed by atoms with Gasteiger partial charge in [-0.2, -0.15) is 0 Å². The van der Waals surface area contributed by atoms with Crippen molar-refractivity contribution in [1.82, 2.24) is 0 Å². The summed E-state index contributed by atoms with van der Waals surface area (Å²) in [5.41, 5.74) is 0.806. The molecule has 0 aromatic rings. The molecule has 1 saturated heterocycles. The first-order chi connectivity index (χ1) is 5.15. The summed E-state index contributed by atoms with van der Waals surface area (Å²) in [5, 5.41) is 0. The van der Waals surface area contributed by atoms with Gasteiger partial charge >= 0.3 is 5.97 Å². The van der Waals surface area contributed by atoms with Crippen LogP contribution < -0.4 is 0 Å². The molecular formula is C8H10O3. The van der Waals surface area contributed by atoms with E-state index in [0.29, 0.717) is 0 Å². The van der Waals surface area contributed by atoms with Crippen LogP contribution in [0.3, 0.4) is 0 Å². The number of rotatable bonds is 1. The van der Waals surface area contributed by atoms with Gasteiger partial charge in [0.25, 0.3) is 0 Å². The molecule has 0 bridgehead atoms. The van der Waals surface area contributed by atoms with Crippen LogP contribution in [0, 0.1) is 0 Å². The van der Waals surface area contributed by atoms with E-state index >= 15 is 0 Å². The van der Waals surface area contributed by atoms with Gasteiger partial charge in [-0.1, -0.05) is 6.08 Å².